The lowest BCUT2D eigenvalue weighted by Gasteiger charge is -2.14. The topological polar surface area (TPSA) is 93.5 Å². The Bertz CT molecular complexity index is 763. The van der Waals surface area contributed by atoms with Crippen LogP contribution in [0.25, 0.3) is 0 Å². The average molecular weight is 376 g/mol. The number of amides is 2. The second-order valence-electron chi connectivity index (χ2n) is 5.71. The fourth-order valence-corrected chi connectivity index (χ4v) is 2.35. The van der Waals surface area contributed by atoms with Gasteiger partial charge in [0.15, 0.2) is 0 Å². The molecular formula is C19H22ClN3O3. The number of halogens is 1. The molecule has 2 aromatic carbocycles. The molecule has 2 rings (SSSR count). The molecule has 0 aliphatic rings. The summed E-state index contributed by atoms with van der Waals surface area (Å²) in [5.74, 6) is -0.0210. The molecule has 0 aromatic heterocycles. The summed E-state index contributed by atoms with van der Waals surface area (Å²) in [5.41, 5.74) is 7.30. The van der Waals surface area contributed by atoms with E-state index < -0.39 is 0 Å². The van der Waals surface area contributed by atoms with Gasteiger partial charge in [-0.3, -0.25) is 9.59 Å². The predicted molar refractivity (Wildman–Crippen MR) is 103 cm³/mol. The van der Waals surface area contributed by atoms with E-state index in [1.807, 2.05) is 12.1 Å². The monoisotopic (exact) mass is 375 g/mol. The van der Waals surface area contributed by atoms with Crippen LogP contribution in [0.5, 0.6) is 5.75 Å². The van der Waals surface area contributed by atoms with Gasteiger partial charge in [-0.2, -0.15) is 0 Å². The molecule has 0 aliphatic carbocycles. The Balaban J connectivity index is 2.15. The van der Waals surface area contributed by atoms with Crippen LogP contribution in [-0.4, -0.2) is 24.9 Å². The van der Waals surface area contributed by atoms with Crippen LogP contribution in [0.3, 0.4) is 0 Å². The molecule has 0 atom stereocenters. The van der Waals surface area contributed by atoms with Gasteiger partial charge in [0.2, 0.25) is 5.91 Å². The van der Waals surface area contributed by atoms with Gasteiger partial charge in [0.05, 0.1) is 5.69 Å². The standard InChI is InChI=1S/C19H22ClN3O3/c1-13(24)23-17-8-5-15(19(25)22-10-2-9-21)11-18(17)26-12-14-3-6-16(20)7-4-14/h3-8,11H,2,9-10,12,21H2,1H3,(H,22,25)(H,23,24). The van der Waals surface area contributed by atoms with Gasteiger partial charge >= 0.3 is 0 Å². The Morgan fingerprint density at radius 2 is 1.88 bits per heavy atom. The molecule has 0 saturated heterocycles. The first-order chi connectivity index (χ1) is 12.5. The predicted octanol–water partition coefficient (Wildman–Crippen LogP) is 2.96. The molecule has 0 spiro atoms. The minimum Gasteiger partial charge on any atom is -0.487 e. The lowest BCUT2D eigenvalue weighted by Crippen LogP contribution is -2.26. The Labute approximate surface area is 157 Å². The second-order valence-corrected chi connectivity index (χ2v) is 6.14. The third-order valence-corrected chi connectivity index (χ3v) is 3.78. The first-order valence-corrected chi connectivity index (χ1v) is 8.64. The van der Waals surface area contributed by atoms with Crippen molar-refractivity contribution in [3.63, 3.8) is 0 Å². The molecule has 0 bridgehead atoms. The minimum atomic E-state index is -0.221. The minimum absolute atomic E-state index is 0.218. The highest BCUT2D eigenvalue weighted by atomic mass is 35.5. The molecular weight excluding hydrogens is 354 g/mol. The van der Waals surface area contributed by atoms with Crippen molar-refractivity contribution in [2.45, 2.75) is 20.0 Å². The number of benzene rings is 2. The zero-order valence-electron chi connectivity index (χ0n) is 14.5. The van der Waals surface area contributed by atoms with Gasteiger partial charge in [-0.05, 0) is 48.9 Å². The average Bonchev–Trinajstić information content (AvgIpc) is 2.62. The van der Waals surface area contributed by atoms with Gasteiger partial charge in [0, 0.05) is 24.1 Å². The van der Waals surface area contributed by atoms with Crippen molar-refractivity contribution in [1.82, 2.24) is 5.32 Å². The SMILES string of the molecule is CC(=O)Nc1ccc(C(=O)NCCCN)cc1OCc1ccc(Cl)cc1. The number of ether oxygens (including phenoxy) is 1. The molecule has 6 nitrogen and oxygen atoms in total. The molecule has 4 N–H and O–H groups in total. The van der Waals surface area contributed by atoms with Gasteiger partial charge in [-0.25, -0.2) is 0 Å². The molecule has 0 saturated carbocycles. The van der Waals surface area contributed by atoms with Gasteiger partial charge in [0.1, 0.15) is 12.4 Å². The number of hydrogen-bond donors (Lipinski definition) is 3. The van der Waals surface area contributed by atoms with Crippen LogP contribution in [0, 0.1) is 0 Å². The highest BCUT2D eigenvalue weighted by molar-refractivity contribution is 6.30. The summed E-state index contributed by atoms with van der Waals surface area (Å²) < 4.78 is 5.82. The third kappa shape index (κ3) is 6.06. The molecule has 2 amide bonds. The van der Waals surface area contributed by atoms with E-state index in [9.17, 15) is 9.59 Å². The molecule has 0 aliphatic heterocycles. The summed E-state index contributed by atoms with van der Waals surface area (Å²) in [5, 5.41) is 6.14. The number of anilines is 1. The zero-order valence-corrected chi connectivity index (χ0v) is 15.3. The molecule has 138 valence electrons. The largest absolute Gasteiger partial charge is 0.487 e. The maximum atomic E-state index is 12.2. The van der Waals surface area contributed by atoms with E-state index >= 15 is 0 Å². The first-order valence-electron chi connectivity index (χ1n) is 8.26. The van der Waals surface area contributed by atoms with Gasteiger partial charge in [-0.15, -0.1) is 0 Å². The van der Waals surface area contributed by atoms with Crippen molar-refractivity contribution in [3.05, 3.63) is 58.6 Å². The van der Waals surface area contributed by atoms with Gasteiger partial charge in [0.25, 0.3) is 5.91 Å². The van der Waals surface area contributed by atoms with Crippen molar-refractivity contribution < 1.29 is 14.3 Å². The van der Waals surface area contributed by atoms with Crippen LogP contribution in [0.4, 0.5) is 5.69 Å². The molecule has 0 radical (unpaired) electrons. The maximum absolute atomic E-state index is 12.2. The Morgan fingerprint density at radius 1 is 1.15 bits per heavy atom. The summed E-state index contributed by atoms with van der Waals surface area (Å²) in [6.45, 7) is 2.71. The van der Waals surface area contributed by atoms with E-state index in [4.69, 9.17) is 22.1 Å². The van der Waals surface area contributed by atoms with E-state index in [-0.39, 0.29) is 18.4 Å². The first kappa shape index (κ1) is 19.8. The number of carbonyl (C=O) groups is 2. The highest BCUT2D eigenvalue weighted by Gasteiger charge is 2.12. The van der Waals surface area contributed by atoms with Crippen molar-refractivity contribution in [2.75, 3.05) is 18.4 Å². The van der Waals surface area contributed by atoms with Crippen molar-refractivity contribution in [2.24, 2.45) is 5.73 Å². The lowest BCUT2D eigenvalue weighted by molar-refractivity contribution is -0.114. The molecule has 0 heterocycles. The molecule has 7 heteroatoms. The number of nitrogens with two attached hydrogens (primary N) is 1. The van der Waals surface area contributed by atoms with Crippen LogP contribution in [0.1, 0.15) is 29.3 Å². The fourth-order valence-electron chi connectivity index (χ4n) is 2.22. The Kier molecular flexibility index (Phi) is 7.44. The quantitative estimate of drug-likeness (QED) is 0.618. The van der Waals surface area contributed by atoms with E-state index in [1.165, 1.54) is 6.92 Å². The smallest absolute Gasteiger partial charge is 0.251 e. The van der Waals surface area contributed by atoms with Crippen LogP contribution in [-0.2, 0) is 11.4 Å². The Morgan fingerprint density at radius 3 is 2.54 bits per heavy atom. The van der Waals surface area contributed by atoms with Crippen molar-refractivity contribution in [3.8, 4) is 5.75 Å². The van der Waals surface area contributed by atoms with Crippen LogP contribution >= 0.6 is 11.6 Å². The summed E-state index contributed by atoms with van der Waals surface area (Å²) in [7, 11) is 0. The van der Waals surface area contributed by atoms with E-state index in [0.717, 1.165) is 5.56 Å². The van der Waals surface area contributed by atoms with E-state index in [0.29, 0.717) is 41.5 Å². The second kappa shape index (κ2) is 9.79. The third-order valence-electron chi connectivity index (χ3n) is 3.53. The fraction of sp³-hybridized carbons (Fsp3) is 0.263. The normalized spacial score (nSPS) is 10.3. The van der Waals surface area contributed by atoms with Crippen molar-refractivity contribution in [1.29, 1.82) is 0 Å². The lowest BCUT2D eigenvalue weighted by atomic mass is 10.1. The van der Waals surface area contributed by atoms with Gasteiger partial charge in [-0.1, -0.05) is 23.7 Å². The summed E-state index contributed by atoms with van der Waals surface area (Å²) >= 11 is 5.88. The van der Waals surface area contributed by atoms with Crippen LogP contribution in [0.2, 0.25) is 5.02 Å². The van der Waals surface area contributed by atoms with Crippen LogP contribution in [0.15, 0.2) is 42.5 Å². The molecule has 26 heavy (non-hydrogen) atoms. The molecule has 2 aromatic rings. The van der Waals surface area contributed by atoms with Crippen molar-refractivity contribution >= 4 is 29.1 Å². The van der Waals surface area contributed by atoms with E-state index in [1.54, 1.807) is 30.3 Å². The summed E-state index contributed by atoms with van der Waals surface area (Å²) in [4.78, 5) is 23.6. The highest BCUT2D eigenvalue weighted by Crippen LogP contribution is 2.27. The number of hydrogen-bond acceptors (Lipinski definition) is 4. The summed E-state index contributed by atoms with van der Waals surface area (Å²) in [6.07, 6.45) is 0.704. The molecule has 0 fully saturated rings. The van der Waals surface area contributed by atoms with Gasteiger partial charge < -0.3 is 21.1 Å². The Hall–Kier alpha value is -2.57. The number of rotatable bonds is 8. The van der Waals surface area contributed by atoms with E-state index in [2.05, 4.69) is 10.6 Å². The summed E-state index contributed by atoms with van der Waals surface area (Å²) in [6, 6.07) is 12.1. The molecule has 0 unspecified atom stereocenters. The maximum Gasteiger partial charge on any atom is 0.251 e. The number of carbonyl (C=O) groups excluding carboxylic acids is 2. The van der Waals surface area contributed by atoms with Crippen LogP contribution < -0.4 is 21.1 Å². The number of nitrogens with one attached hydrogen (secondary N) is 2. The zero-order chi connectivity index (χ0) is 18.9.